The lowest BCUT2D eigenvalue weighted by Gasteiger charge is -2.10. The zero-order chi connectivity index (χ0) is 13.5. The van der Waals surface area contributed by atoms with Crippen LogP contribution in [0.3, 0.4) is 0 Å². The first-order chi connectivity index (χ1) is 8.58. The minimum Gasteiger partial charge on any atom is -0.463 e. The Balaban J connectivity index is 2.69. The molecule has 1 N–H and O–H groups in total. The van der Waals surface area contributed by atoms with Crippen LogP contribution in [0.15, 0.2) is 34.8 Å². The maximum Gasteiger partial charge on any atom is 0.335 e. The number of esters is 1. The predicted molar refractivity (Wildman–Crippen MR) is 73.1 cm³/mol. The van der Waals surface area contributed by atoms with Gasteiger partial charge in [-0.15, -0.1) is 0 Å². The lowest BCUT2D eigenvalue weighted by Crippen LogP contribution is -2.15. The number of nitrogens with zero attached hydrogens (tertiary/aromatic N) is 1. The van der Waals surface area contributed by atoms with E-state index in [2.05, 4.69) is 33.9 Å². The molecule has 1 aromatic rings. The number of halogens is 1. The molecule has 18 heavy (non-hydrogen) atoms. The van der Waals surface area contributed by atoms with Gasteiger partial charge in [0.15, 0.2) is 0 Å². The van der Waals surface area contributed by atoms with Crippen molar-refractivity contribution in [1.29, 1.82) is 5.26 Å². The molecule has 0 spiro atoms. The summed E-state index contributed by atoms with van der Waals surface area (Å²) in [6, 6.07) is 7.32. The van der Waals surface area contributed by atoms with Gasteiger partial charge < -0.3 is 10.1 Å². The molecular formula is C13H13BrN2O2. The summed E-state index contributed by atoms with van der Waals surface area (Å²) >= 11 is 3.32. The highest BCUT2D eigenvalue weighted by molar-refractivity contribution is 9.10. The van der Waals surface area contributed by atoms with Crippen LogP contribution in [0.2, 0.25) is 0 Å². The van der Waals surface area contributed by atoms with Crippen LogP contribution in [0.1, 0.15) is 12.5 Å². The van der Waals surface area contributed by atoms with Crippen LogP contribution in [-0.4, -0.2) is 19.1 Å². The van der Waals surface area contributed by atoms with Crippen LogP contribution in [0, 0.1) is 11.3 Å². The van der Waals surface area contributed by atoms with Crippen LogP contribution in [0.5, 0.6) is 0 Å². The quantitative estimate of drug-likeness (QED) is 0.671. The molecule has 0 fully saturated rings. The minimum atomic E-state index is -0.432. The zero-order valence-corrected chi connectivity index (χ0v) is 11.6. The highest BCUT2D eigenvalue weighted by Crippen LogP contribution is 2.20. The third-order valence-corrected chi connectivity index (χ3v) is 2.65. The highest BCUT2D eigenvalue weighted by atomic mass is 79.9. The molecule has 0 aliphatic heterocycles. The second kappa shape index (κ2) is 6.82. The third kappa shape index (κ3) is 3.90. The molecule has 0 heterocycles. The highest BCUT2D eigenvalue weighted by Gasteiger charge is 2.09. The molecule has 4 nitrogen and oxygen atoms in total. The van der Waals surface area contributed by atoms with Crippen molar-refractivity contribution in [3.8, 4) is 6.07 Å². The molecule has 0 atom stereocenters. The van der Waals surface area contributed by atoms with Crippen molar-refractivity contribution in [2.45, 2.75) is 6.92 Å². The number of hydrogen-bond acceptors (Lipinski definition) is 4. The van der Waals surface area contributed by atoms with Crippen molar-refractivity contribution in [2.24, 2.45) is 0 Å². The standard InChI is InChI=1S/C13H13BrN2O2/c1-3-18-13(17)9(2)8-16-12-6-11(14)5-4-10(12)7-15/h4-6,16H,2-3,8H2,1H3. The van der Waals surface area contributed by atoms with Gasteiger partial charge in [0.25, 0.3) is 0 Å². The second-order valence-corrected chi connectivity index (χ2v) is 4.39. The van der Waals surface area contributed by atoms with Gasteiger partial charge in [-0.2, -0.15) is 5.26 Å². The predicted octanol–water partition coefficient (Wildman–Crippen LogP) is 2.85. The molecule has 0 aliphatic carbocycles. The van der Waals surface area contributed by atoms with Crippen molar-refractivity contribution >= 4 is 27.6 Å². The van der Waals surface area contributed by atoms with E-state index in [1.54, 1.807) is 25.1 Å². The summed E-state index contributed by atoms with van der Waals surface area (Å²) in [7, 11) is 0. The number of rotatable bonds is 5. The third-order valence-electron chi connectivity index (χ3n) is 2.16. The number of hydrogen-bond donors (Lipinski definition) is 1. The maximum absolute atomic E-state index is 11.3. The van der Waals surface area contributed by atoms with Crippen LogP contribution < -0.4 is 5.32 Å². The summed E-state index contributed by atoms with van der Waals surface area (Å²) in [6.07, 6.45) is 0. The summed E-state index contributed by atoms with van der Waals surface area (Å²) in [5.41, 5.74) is 1.48. The number of ether oxygens (including phenoxy) is 1. The van der Waals surface area contributed by atoms with Crippen molar-refractivity contribution in [2.75, 3.05) is 18.5 Å². The van der Waals surface area contributed by atoms with Gasteiger partial charge in [0, 0.05) is 16.6 Å². The summed E-state index contributed by atoms with van der Waals surface area (Å²) in [6.45, 7) is 5.93. The number of benzene rings is 1. The van der Waals surface area contributed by atoms with Crippen molar-refractivity contribution in [3.05, 3.63) is 40.4 Å². The molecule has 0 radical (unpaired) electrons. The molecule has 0 bridgehead atoms. The van der Waals surface area contributed by atoms with Gasteiger partial charge >= 0.3 is 5.97 Å². The van der Waals surface area contributed by atoms with E-state index in [9.17, 15) is 4.79 Å². The zero-order valence-electron chi connectivity index (χ0n) is 10.00. The number of nitriles is 1. The van der Waals surface area contributed by atoms with Crippen LogP contribution in [0.4, 0.5) is 5.69 Å². The fraction of sp³-hybridized carbons (Fsp3) is 0.231. The molecule has 0 saturated carbocycles. The Morgan fingerprint density at radius 2 is 2.33 bits per heavy atom. The van der Waals surface area contributed by atoms with Gasteiger partial charge in [0.1, 0.15) is 6.07 Å². The van der Waals surface area contributed by atoms with E-state index < -0.39 is 5.97 Å². The van der Waals surface area contributed by atoms with E-state index in [-0.39, 0.29) is 6.54 Å². The second-order valence-electron chi connectivity index (χ2n) is 3.48. The number of carbonyl (C=O) groups is 1. The van der Waals surface area contributed by atoms with Crippen molar-refractivity contribution in [1.82, 2.24) is 0 Å². The van der Waals surface area contributed by atoms with Crippen LogP contribution >= 0.6 is 15.9 Å². The Kier molecular flexibility index (Phi) is 5.40. The molecule has 0 aliphatic rings. The Morgan fingerprint density at radius 1 is 1.61 bits per heavy atom. The van der Waals surface area contributed by atoms with Gasteiger partial charge in [-0.3, -0.25) is 0 Å². The van der Waals surface area contributed by atoms with Gasteiger partial charge in [0.05, 0.1) is 17.9 Å². The molecule has 0 saturated heterocycles. The monoisotopic (exact) mass is 308 g/mol. The fourth-order valence-electron chi connectivity index (χ4n) is 1.27. The molecule has 0 aromatic heterocycles. The molecule has 94 valence electrons. The van der Waals surface area contributed by atoms with Crippen molar-refractivity contribution < 1.29 is 9.53 Å². The number of carbonyl (C=O) groups excluding carboxylic acids is 1. The van der Waals surface area contributed by atoms with E-state index in [0.29, 0.717) is 23.4 Å². The first-order valence-corrected chi connectivity index (χ1v) is 6.16. The SMILES string of the molecule is C=C(CNc1cc(Br)ccc1C#N)C(=O)OCC. The average Bonchev–Trinajstić information content (AvgIpc) is 2.36. The number of anilines is 1. The smallest absolute Gasteiger partial charge is 0.335 e. The van der Waals surface area contributed by atoms with E-state index in [0.717, 1.165) is 4.47 Å². The van der Waals surface area contributed by atoms with Gasteiger partial charge in [-0.05, 0) is 25.1 Å². The van der Waals surface area contributed by atoms with Gasteiger partial charge in [-0.1, -0.05) is 22.5 Å². The molecule has 1 aromatic carbocycles. The fourth-order valence-corrected chi connectivity index (χ4v) is 1.63. The Bertz CT molecular complexity index is 506. The molecular weight excluding hydrogens is 296 g/mol. The Labute approximate surface area is 114 Å². The normalized spacial score (nSPS) is 9.39. The maximum atomic E-state index is 11.3. The lowest BCUT2D eigenvalue weighted by molar-refractivity contribution is -0.138. The molecule has 0 amide bonds. The minimum absolute atomic E-state index is 0.240. The van der Waals surface area contributed by atoms with E-state index >= 15 is 0 Å². The van der Waals surface area contributed by atoms with Gasteiger partial charge in [0.2, 0.25) is 0 Å². The van der Waals surface area contributed by atoms with Crippen LogP contribution in [-0.2, 0) is 9.53 Å². The van der Waals surface area contributed by atoms with Crippen LogP contribution in [0.25, 0.3) is 0 Å². The first-order valence-electron chi connectivity index (χ1n) is 5.37. The summed E-state index contributed by atoms with van der Waals surface area (Å²) in [5.74, 6) is -0.432. The summed E-state index contributed by atoms with van der Waals surface area (Å²) < 4.78 is 5.67. The molecule has 5 heteroatoms. The lowest BCUT2D eigenvalue weighted by atomic mass is 10.2. The van der Waals surface area contributed by atoms with Gasteiger partial charge in [-0.25, -0.2) is 4.79 Å². The van der Waals surface area contributed by atoms with E-state index in [1.807, 2.05) is 0 Å². The van der Waals surface area contributed by atoms with E-state index in [1.165, 1.54) is 0 Å². The van der Waals surface area contributed by atoms with E-state index in [4.69, 9.17) is 10.00 Å². The Hall–Kier alpha value is -1.80. The average molecular weight is 309 g/mol. The van der Waals surface area contributed by atoms with Crippen molar-refractivity contribution in [3.63, 3.8) is 0 Å². The molecule has 0 unspecified atom stereocenters. The summed E-state index contributed by atoms with van der Waals surface area (Å²) in [4.78, 5) is 11.3. The largest absolute Gasteiger partial charge is 0.463 e. The first kappa shape index (κ1) is 14.3. The summed E-state index contributed by atoms with van der Waals surface area (Å²) in [5, 5.41) is 11.9. The Morgan fingerprint density at radius 3 is 2.94 bits per heavy atom. The number of nitrogens with one attached hydrogen (secondary N) is 1. The molecule has 1 rings (SSSR count). The topological polar surface area (TPSA) is 62.1 Å².